The third-order valence-corrected chi connectivity index (χ3v) is 2.91. The maximum atomic E-state index is 11.6. The Hall–Kier alpha value is -1.84. The zero-order valence-electron chi connectivity index (χ0n) is 11.7. The second kappa shape index (κ2) is 5.87. The van der Waals surface area contributed by atoms with Gasteiger partial charge in [-0.25, -0.2) is 4.98 Å². The Morgan fingerprint density at radius 2 is 2.21 bits per heavy atom. The highest BCUT2D eigenvalue weighted by molar-refractivity contribution is 5.77. The summed E-state index contributed by atoms with van der Waals surface area (Å²) in [7, 11) is 0. The van der Waals surface area contributed by atoms with Crippen LogP contribution in [0.3, 0.4) is 0 Å². The fourth-order valence-electron chi connectivity index (χ4n) is 1.91. The van der Waals surface area contributed by atoms with Crippen molar-refractivity contribution in [2.24, 2.45) is 5.92 Å². The predicted molar refractivity (Wildman–Crippen MR) is 74.9 cm³/mol. The lowest BCUT2D eigenvalue weighted by Crippen LogP contribution is -2.27. The minimum atomic E-state index is 0.102. The number of amides is 1. The van der Waals surface area contributed by atoms with E-state index >= 15 is 0 Å². The van der Waals surface area contributed by atoms with Crippen molar-refractivity contribution in [2.45, 2.75) is 33.6 Å². The molecule has 0 aliphatic heterocycles. The summed E-state index contributed by atoms with van der Waals surface area (Å²) in [5.41, 5.74) is 2.77. The number of aromatic nitrogens is 1. The topological polar surface area (TPSA) is 55.1 Å². The van der Waals surface area contributed by atoms with Gasteiger partial charge in [-0.3, -0.25) is 4.79 Å². The van der Waals surface area contributed by atoms with Gasteiger partial charge >= 0.3 is 0 Å². The molecule has 1 amide bonds. The van der Waals surface area contributed by atoms with Crippen molar-refractivity contribution in [1.82, 2.24) is 10.3 Å². The number of aryl methyl sites for hydroxylation is 2. The van der Waals surface area contributed by atoms with Gasteiger partial charge in [-0.1, -0.05) is 19.9 Å². The van der Waals surface area contributed by atoms with Crippen LogP contribution in [0.5, 0.6) is 0 Å². The van der Waals surface area contributed by atoms with Crippen LogP contribution in [-0.2, 0) is 11.2 Å². The lowest BCUT2D eigenvalue weighted by molar-refractivity contribution is -0.121. The van der Waals surface area contributed by atoms with Crippen molar-refractivity contribution in [3.05, 3.63) is 29.7 Å². The van der Waals surface area contributed by atoms with Crippen molar-refractivity contribution < 1.29 is 9.21 Å². The van der Waals surface area contributed by atoms with E-state index in [2.05, 4.69) is 24.1 Å². The van der Waals surface area contributed by atoms with E-state index in [1.807, 2.05) is 25.1 Å². The summed E-state index contributed by atoms with van der Waals surface area (Å²) in [4.78, 5) is 15.9. The third kappa shape index (κ3) is 3.81. The first-order valence-electron chi connectivity index (χ1n) is 6.67. The van der Waals surface area contributed by atoms with Crippen LogP contribution in [0.25, 0.3) is 11.1 Å². The third-order valence-electron chi connectivity index (χ3n) is 2.91. The molecule has 2 rings (SSSR count). The largest absolute Gasteiger partial charge is 0.441 e. The Balaban J connectivity index is 1.92. The summed E-state index contributed by atoms with van der Waals surface area (Å²) in [6, 6.07) is 5.89. The standard InChI is InChI=1S/C15H20N2O2/c1-10(2)9-16-15(18)7-5-12-4-6-14-13(8-12)17-11(3)19-14/h4,6,8,10H,5,7,9H2,1-3H3,(H,16,18). The molecule has 2 aromatic rings. The molecular formula is C15H20N2O2. The molecule has 102 valence electrons. The fraction of sp³-hybridized carbons (Fsp3) is 0.467. The van der Waals surface area contributed by atoms with Gasteiger partial charge in [-0.2, -0.15) is 0 Å². The van der Waals surface area contributed by atoms with Crippen LogP contribution in [-0.4, -0.2) is 17.4 Å². The molecule has 0 spiro atoms. The second-order valence-electron chi connectivity index (χ2n) is 5.23. The van der Waals surface area contributed by atoms with E-state index in [1.165, 1.54) is 0 Å². The van der Waals surface area contributed by atoms with Gasteiger partial charge in [0.2, 0.25) is 5.91 Å². The highest BCUT2D eigenvalue weighted by Crippen LogP contribution is 2.17. The number of carbonyl (C=O) groups excluding carboxylic acids is 1. The lowest BCUT2D eigenvalue weighted by atomic mass is 10.1. The van der Waals surface area contributed by atoms with Crippen LogP contribution < -0.4 is 5.32 Å². The zero-order valence-corrected chi connectivity index (χ0v) is 11.7. The van der Waals surface area contributed by atoms with E-state index in [-0.39, 0.29) is 5.91 Å². The molecule has 0 aliphatic rings. The van der Waals surface area contributed by atoms with Crippen molar-refractivity contribution in [2.75, 3.05) is 6.54 Å². The predicted octanol–water partition coefficient (Wildman–Crippen LogP) is 2.84. The molecule has 4 nitrogen and oxygen atoms in total. The lowest BCUT2D eigenvalue weighted by Gasteiger charge is -2.07. The molecule has 1 aromatic heterocycles. The first-order chi connectivity index (χ1) is 9.04. The molecule has 0 radical (unpaired) electrons. The minimum Gasteiger partial charge on any atom is -0.441 e. The van der Waals surface area contributed by atoms with Crippen molar-refractivity contribution in [3.63, 3.8) is 0 Å². The highest BCUT2D eigenvalue weighted by Gasteiger charge is 2.06. The van der Waals surface area contributed by atoms with Gasteiger partial charge in [0.25, 0.3) is 0 Å². The first-order valence-corrected chi connectivity index (χ1v) is 6.67. The number of carbonyl (C=O) groups is 1. The SMILES string of the molecule is Cc1nc2cc(CCC(=O)NCC(C)C)ccc2o1. The Morgan fingerprint density at radius 1 is 1.42 bits per heavy atom. The van der Waals surface area contributed by atoms with Crippen molar-refractivity contribution in [3.8, 4) is 0 Å². The van der Waals surface area contributed by atoms with Gasteiger partial charge in [-0.15, -0.1) is 0 Å². The molecule has 0 saturated heterocycles. The first kappa shape index (κ1) is 13.6. The number of oxazole rings is 1. The number of rotatable bonds is 5. The van der Waals surface area contributed by atoms with Gasteiger partial charge in [0.05, 0.1) is 0 Å². The molecular weight excluding hydrogens is 240 g/mol. The number of hydrogen-bond donors (Lipinski definition) is 1. The van der Waals surface area contributed by atoms with Crippen LogP contribution in [0.2, 0.25) is 0 Å². The molecule has 0 fully saturated rings. The summed E-state index contributed by atoms with van der Waals surface area (Å²) in [5, 5.41) is 2.92. The zero-order chi connectivity index (χ0) is 13.8. The maximum absolute atomic E-state index is 11.6. The van der Waals surface area contributed by atoms with Crippen LogP contribution in [0, 0.1) is 12.8 Å². The average molecular weight is 260 g/mol. The van der Waals surface area contributed by atoms with Crippen LogP contribution in [0.4, 0.5) is 0 Å². The second-order valence-corrected chi connectivity index (χ2v) is 5.23. The number of fused-ring (bicyclic) bond motifs is 1. The summed E-state index contributed by atoms with van der Waals surface area (Å²) in [5.74, 6) is 1.25. The molecule has 0 bridgehead atoms. The van der Waals surface area contributed by atoms with Crippen LogP contribution >= 0.6 is 0 Å². The Morgan fingerprint density at radius 3 is 2.95 bits per heavy atom. The normalized spacial score (nSPS) is 11.2. The molecule has 4 heteroatoms. The quantitative estimate of drug-likeness (QED) is 0.899. The molecule has 1 N–H and O–H groups in total. The molecule has 1 aromatic carbocycles. The summed E-state index contributed by atoms with van der Waals surface area (Å²) in [6.07, 6.45) is 1.24. The highest BCUT2D eigenvalue weighted by atomic mass is 16.3. The van der Waals surface area contributed by atoms with Gasteiger partial charge in [-0.05, 0) is 30.0 Å². The molecule has 0 saturated carbocycles. The summed E-state index contributed by atoms with van der Waals surface area (Å²) in [6.45, 7) is 6.74. The monoisotopic (exact) mass is 260 g/mol. The van der Waals surface area contributed by atoms with E-state index in [0.717, 1.165) is 29.6 Å². The molecule has 0 aliphatic carbocycles. The van der Waals surface area contributed by atoms with Gasteiger partial charge < -0.3 is 9.73 Å². The summed E-state index contributed by atoms with van der Waals surface area (Å²) < 4.78 is 5.42. The maximum Gasteiger partial charge on any atom is 0.220 e. The fourth-order valence-corrected chi connectivity index (χ4v) is 1.91. The number of nitrogens with one attached hydrogen (secondary N) is 1. The molecule has 0 atom stereocenters. The van der Waals surface area contributed by atoms with Crippen LogP contribution in [0.1, 0.15) is 31.7 Å². The molecule has 19 heavy (non-hydrogen) atoms. The van der Waals surface area contributed by atoms with E-state index < -0.39 is 0 Å². The molecule has 1 heterocycles. The van der Waals surface area contributed by atoms with Crippen molar-refractivity contribution >= 4 is 17.0 Å². The smallest absolute Gasteiger partial charge is 0.220 e. The van der Waals surface area contributed by atoms with E-state index in [9.17, 15) is 4.79 Å². The Labute approximate surface area is 113 Å². The number of hydrogen-bond acceptors (Lipinski definition) is 3. The van der Waals surface area contributed by atoms with Gasteiger partial charge in [0, 0.05) is 19.9 Å². The average Bonchev–Trinajstić information content (AvgIpc) is 2.73. The van der Waals surface area contributed by atoms with E-state index in [0.29, 0.717) is 18.2 Å². The number of benzene rings is 1. The van der Waals surface area contributed by atoms with Crippen LogP contribution in [0.15, 0.2) is 22.6 Å². The Kier molecular flexibility index (Phi) is 4.20. The minimum absolute atomic E-state index is 0.102. The van der Waals surface area contributed by atoms with E-state index in [1.54, 1.807) is 0 Å². The van der Waals surface area contributed by atoms with E-state index in [4.69, 9.17) is 4.42 Å². The van der Waals surface area contributed by atoms with Gasteiger partial charge in [0.1, 0.15) is 5.52 Å². The van der Waals surface area contributed by atoms with Crippen molar-refractivity contribution in [1.29, 1.82) is 0 Å². The Bertz CT molecular complexity index is 573. The number of nitrogens with zero attached hydrogens (tertiary/aromatic N) is 1. The van der Waals surface area contributed by atoms with Gasteiger partial charge in [0.15, 0.2) is 11.5 Å². The molecule has 0 unspecified atom stereocenters. The summed E-state index contributed by atoms with van der Waals surface area (Å²) >= 11 is 0.